The first kappa shape index (κ1) is 19.0. The van der Waals surface area contributed by atoms with Gasteiger partial charge in [-0.3, -0.25) is 4.79 Å². The van der Waals surface area contributed by atoms with Crippen LogP contribution in [0.5, 0.6) is 17.4 Å². The summed E-state index contributed by atoms with van der Waals surface area (Å²) in [5.41, 5.74) is 0.932. The van der Waals surface area contributed by atoms with E-state index in [1.54, 1.807) is 12.3 Å². The largest absolute Gasteiger partial charge is 0.490 e. The number of ether oxygens (including phenoxy) is 2. The molecule has 2 N–H and O–H groups in total. The molecule has 1 aliphatic heterocycles. The van der Waals surface area contributed by atoms with Crippen molar-refractivity contribution in [2.75, 3.05) is 19.7 Å². The van der Waals surface area contributed by atoms with Crippen molar-refractivity contribution in [1.82, 2.24) is 15.6 Å². The number of nitrogens with zero attached hydrogens (tertiary/aromatic N) is 1. The average molecular weight is 364 g/mol. The van der Waals surface area contributed by atoms with Crippen molar-refractivity contribution < 1.29 is 14.3 Å². The van der Waals surface area contributed by atoms with Crippen LogP contribution in [-0.2, 0) is 11.3 Å². The molecule has 1 aromatic heterocycles. The van der Waals surface area contributed by atoms with E-state index in [2.05, 4.69) is 15.6 Å². The molecule has 1 aliphatic rings. The van der Waals surface area contributed by atoms with E-state index < -0.39 is 0 Å². The highest BCUT2D eigenvalue weighted by Gasteiger charge is 2.24. The Morgan fingerprint density at radius 1 is 1.24 bits per heavy atom. The molecule has 2 heterocycles. The summed E-state index contributed by atoms with van der Waals surface area (Å²) < 4.78 is 11.3. The van der Waals surface area contributed by atoms with Crippen molar-refractivity contribution in [2.45, 2.75) is 13.5 Å². The molecule has 2 aromatic rings. The van der Waals surface area contributed by atoms with Crippen molar-refractivity contribution in [1.29, 1.82) is 0 Å². The van der Waals surface area contributed by atoms with Gasteiger partial charge in [0.1, 0.15) is 0 Å². The zero-order valence-electron chi connectivity index (χ0n) is 14.0. The Morgan fingerprint density at radius 3 is 2.60 bits per heavy atom. The third-order valence-electron chi connectivity index (χ3n) is 3.78. The van der Waals surface area contributed by atoms with Crippen molar-refractivity contribution in [2.24, 2.45) is 5.92 Å². The predicted molar refractivity (Wildman–Crippen MR) is 97.4 cm³/mol. The lowest BCUT2D eigenvalue weighted by atomic mass is 10.0. The standard InChI is InChI=1S/C18H21N3O3.ClH/c1-2-23-15-5-3-4-6-16(15)24-17-8-7-13(9-20-17)10-21-18(22)14-11-19-12-14;/h3-9,14,19H,2,10-12H2,1H3,(H,21,22);1H. The second-order valence-corrected chi connectivity index (χ2v) is 5.56. The fraction of sp³-hybridized carbons (Fsp3) is 0.333. The van der Waals surface area contributed by atoms with E-state index >= 15 is 0 Å². The van der Waals surface area contributed by atoms with E-state index in [4.69, 9.17) is 9.47 Å². The third-order valence-corrected chi connectivity index (χ3v) is 3.78. The number of hydrogen-bond donors (Lipinski definition) is 2. The summed E-state index contributed by atoms with van der Waals surface area (Å²) in [4.78, 5) is 16.1. The first-order valence-corrected chi connectivity index (χ1v) is 8.09. The van der Waals surface area contributed by atoms with Gasteiger partial charge in [-0.25, -0.2) is 4.98 Å². The van der Waals surface area contributed by atoms with Gasteiger partial charge in [0.25, 0.3) is 0 Å². The van der Waals surface area contributed by atoms with Gasteiger partial charge in [0, 0.05) is 31.9 Å². The average Bonchev–Trinajstić information content (AvgIpc) is 2.55. The molecule has 134 valence electrons. The zero-order chi connectivity index (χ0) is 16.8. The molecule has 25 heavy (non-hydrogen) atoms. The molecule has 1 saturated heterocycles. The molecule has 0 spiro atoms. The smallest absolute Gasteiger partial charge is 0.225 e. The van der Waals surface area contributed by atoms with Crippen LogP contribution in [0.3, 0.4) is 0 Å². The summed E-state index contributed by atoms with van der Waals surface area (Å²) in [6, 6.07) is 11.2. The van der Waals surface area contributed by atoms with E-state index in [1.807, 2.05) is 37.3 Å². The molecule has 1 fully saturated rings. The Balaban J connectivity index is 0.00000225. The highest BCUT2D eigenvalue weighted by Crippen LogP contribution is 2.30. The molecule has 0 radical (unpaired) electrons. The third kappa shape index (κ3) is 5.08. The molecule has 0 bridgehead atoms. The number of para-hydroxylation sites is 2. The van der Waals surface area contributed by atoms with Crippen LogP contribution in [0.25, 0.3) is 0 Å². The molecule has 0 atom stereocenters. The molecular formula is C18H22ClN3O3. The number of rotatable bonds is 7. The summed E-state index contributed by atoms with van der Waals surface area (Å²) in [5.74, 6) is 1.98. The number of aromatic nitrogens is 1. The fourth-order valence-corrected chi connectivity index (χ4v) is 2.31. The topological polar surface area (TPSA) is 72.5 Å². The summed E-state index contributed by atoms with van der Waals surface area (Å²) in [7, 11) is 0. The highest BCUT2D eigenvalue weighted by atomic mass is 35.5. The fourth-order valence-electron chi connectivity index (χ4n) is 2.31. The van der Waals surface area contributed by atoms with Gasteiger partial charge in [0.2, 0.25) is 11.8 Å². The van der Waals surface area contributed by atoms with Gasteiger partial charge in [-0.15, -0.1) is 12.4 Å². The minimum absolute atomic E-state index is 0. The Bertz CT molecular complexity index is 690. The summed E-state index contributed by atoms with van der Waals surface area (Å²) in [6.45, 7) is 4.49. The second kappa shape index (κ2) is 9.25. The van der Waals surface area contributed by atoms with E-state index in [1.165, 1.54) is 0 Å². The molecule has 0 saturated carbocycles. The van der Waals surface area contributed by atoms with Gasteiger partial charge in [0.05, 0.1) is 12.5 Å². The molecule has 1 aromatic carbocycles. The van der Waals surface area contributed by atoms with Crippen LogP contribution in [0.2, 0.25) is 0 Å². The van der Waals surface area contributed by atoms with Crippen molar-refractivity contribution in [3.63, 3.8) is 0 Å². The van der Waals surface area contributed by atoms with Crippen LogP contribution in [0.4, 0.5) is 0 Å². The lowest BCUT2D eigenvalue weighted by Crippen LogP contribution is -2.50. The normalized spacial score (nSPS) is 13.3. The monoisotopic (exact) mass is 363 g/mol. The number of carbonyl (C=O) groups is 1. The minimum atomic E-state index is 0. The highest BCUT2D eigenvalue weighted by molar-refractivity contribution is 5.85. The number of amides is 1. The Hall–Kier alpha value is -2.31. The van der Waals surface area contributed by atoms with Gasteiger partial charge < -0.3 is 20.1 Å². The number of pyridine rings is 1. The van der Waals surface area contributed by atoms with Crippen LogP contribution < -0.4 is 20.1 Å². The van der Waals surface area contributed by atoms with E-state index in [-0.39, 0.29) is 24.2 Å². The maximum atomic E-state index is 11.8. The van der Waals surface area contributed by atoms with Crippen LogP contribution in [-0.4, -0.2) is 30.6 Å². The molecule has 0 unspecified atom stereocenters. The van der Waals surface area contributed by atoms with Crippen LogP contribution in [0.1, 0.15) is 12.5 Å². The van der Waals surface area contributed by atoms with Crippen LogP contribution >= 0.6 is 12.4 Å². The van der Waals surface area contributed by atoms with Gasteiger partial charge >= 0.3 is 0 Å². The van der Waals surface area contributed by atoms with Crippen molar-refractivity contribution in [3.05, 3.63) is 48.2 Å². The lowest BCUT2D eigenvalue weighted by molar-refractivity contribution is -0.126. The Morgan fingerprint density at radius 2 is 2.00 bits per heavy atom. The minimum Gasteiger partial charge on any atom is -0.490 e. The number of hydrogen-bond acceptors (Lipinski definition) is 5. The number of nitrogens with one attached hydrogen (secondary N) is 2. The van der Waals surface area contributed by atoms with Crippen LogP contribution in [0, 0.1) is 5.92 Å². The van der Waals surface area contributed by atoms with Gasteiger partial charge in [-0.1, -0.05) is 18.2 Å². The molecular weight excluding hydrogens is 342 g/mol. The predicted octanol–water partition coefficient (Wildman–Crippen LogP) is 2.53. The summed E-state index contributed by atoms with van der Waals surface area (Å²) in [5, 5.41) is 6.00. The van der Waals surface area contributed by atoms with Gasteiger partial charge in [-0.2, -0.15) is 0 Å². The molecule has 0 aliphatic carbocycles. The Kier molecular flexibility index (Phi) is 7.03. The first-order chi connectivity index (χ1) is 11.8. The molecule has 1 amide bonds. The van der Waals surface area contributed by atoms with E-state index in [0.29, 0.717) is 30.5 Å². The van der Waals surface area contributed by atoms with E-state index in [9.17, 15) is 4.79 Å². The SMILES string of the molecule is CCOc1ccccc1Oc1ccc(CNC(=O)C2CNC2)cn1.Cl. The first-order valence-electron chi connectivity index (χ1n) is 8.09. The van der Waals surface area contributed by atoms with Crippen molar-refractivity contribution in [3.8, 4) is 17.4 Å². The lowest BCUT2D eigenvalue weighted by Gasteiger charge is -2.25. The number of halogens is 1. The number of benzene rings is 1. The summed E-state index contributed by atoms with van der Waals surface area (Å²) in [6.07, 6.45) is 1.71. The zero-order valence-corrected chi connectivity index (χ0v) is 14.8. The maximum absolute atomic E-state index is 11.8. The van der Waals surface area contributed by atoms with E-state index in [0.717, 1.165) is 18.7 Å². The van der Waals surface area contributed by atoms with Gasteiger partial charge in [0.15, 0.2) is 11.5 Å². The molecule has 3 rings (SSSR count). The molecule has 6 nitrogen and oxygen atoms in total. The second-order valence-electron chi connectivity index (χ2n) is 5.56. The Labute approximate surface area is 153 Å². The quantitative estimate of drug-likeness (QED) is 0.790. The molecule has 7 heteroatoms. The summed E-state index contributed by atoms with van der Waals surface area (Å²) >= 11 is 0. The maximum Gasteiger partial charge on any atom is 0.225 e. The number of carbonyl (C=O) groups excluding carboxylic acids is 1. The van der Waals surface area contributed by atoms with Crippen molar-refractivity contribution >= 4 is 18.3 Å². The van der Waals surface area contributed by atoms with Crippen LogP contribution in [0.15, 0.2) is 42.6 Å². The van der Waals surface area contributed by atoms with Gasteiger partial charge in [-0.05, 0) is 24.6 Å².